The van der Waals surface area contributed by atoms with Gasteiger partial charge >= 0.3 is 0 Å². The van der Waals surface area contributed by atoms with Gasteiger partial charge in [0.25, 0.3) is 0 Å². The molecule has 11 nitrogen and oxygen atoms in total. The molecule has 0 radical (unpaired) electrons. The van der Waals surface area contributed by atoms with Crippen molar-refractivity contribution in [1.82, 2.24) is 36.2 Å². The number of tetrazole rings is 1. The van der Waals surface area contributed by atoms with Crippen molar-refractivity contribution in [2.75, 3.05) is 0 Å². The minimum Gasteiger partial charge on any atom is -0.508 e. The highest BCUT2D eigenvalue weighted by atomic mass is 16.3. The van der Waals surface area contributed by atoms with Gasteiger partial charge in [-0.25, -0.2) is 0 Å². The topological polar surface area (TPSA) is 166 Å². The molecule has 35 heavy (non-hydrogen) atoms. The number of H-pyrrole nitrogens is 2. The van der Waals surface area contributed by atoms with Gasteiger partial charge in [-0.1, -0.05) is 35.5 Å². The lowest BCUT2D eigenvalue weighted by Crippen LogP contribution is -2.53. The van der Waals surface area contributed by atoms with Crippen LogP contribution in [0, 0.1) is 0 Å². The first-order valence-corrected chi connectivity index (χ1v) is 11.0. The second-order valence-corrected chi connectivity index (χ2v) is 8.22. The molecule has 2 heterocycles. The Morgan fingerprint density at radius 2 is 1.77 bits per heavy atom. The minimum absolute atomic E-state index is 0.0973. The number of phenols is 1. The van der Waals surface area contributed by atoms with E-state index in [0.717, 1.165) is 22.0 Å². The van der Waals surface area contributed by atoms with Crippen LogP contribution in [0.15, 0.2) is 54.7 Å². The number of Topliss-reactive ketones (excluding diaryl/α,β-unsaturated/α-hetero) is 1. The number of para-hydroxylation sites is 1. The Kier molecular flexibility index (Phi) is 7.15. The third-order valence-electron chi connectivity index (χ3n) is 5.60. The molecule has 0 aliphatic rings. The van der Waals surface area contributed by atoms with Crippen LogP contribution in [0.25, 0.3) is 10.9 Å². The standard InChI is InChI=1S/C24H25N7O4/c1-14(32)26-21(10-15-6-8-17(33)9-7-15)24(35)27-20(22(34)12-23-28-30-31-29-23)11-16-13-25-19-5-3-2-4-18(16)19/h2-9,13,20-21,25,33H,10-12H2,1H3,(H,26,32)(H,27,35)(H,28,29,30,31)/t20-,21-/m0/s1. The SMILES string of the molecule is CC(=O)N[C@@H](Cc1ccc(O)cc1)C(=O)N[C@@H](Cc1c[nH]c2ccccc12)C(=O)Cc1nn[nH]n1. The third-order valence-corrected chi connectivity index (χ3v) is 5.60. The van der Waals surface area contributed by atoms with E-state index < -0.39 is 18.0 Å². The normalized spacial score (nSPS) is 12.7. The van der Waals surface area contributed by atoms with Gasteiger partial charge in [-0.15, -0.1) is 10.2 Å². The van der Waals surface area contributed by atoms with Crippen molar-refractivity contribution in [2.45, 2.75) is 38.3 Å². The lowest BCUT2D eigenvalue weighted by Gasteiger charge is -2.22. The zero-order chi connectivity index (χ0) is 24.8. The monoisotopic (exact) mass is 475 g/mol. The Balaban J connectivity index is 1.56. The zero-order valence-corrected chi connectivity index (χ0v) is 19.0. The summed E-state index contributed by atoms with van der Waals surface area (Å²) in [7, 11) is 0. The van der Waals surface area contributed by atoms with Crippen LogP contribution in [0.5, 0.6) is 5.75 Å². The maximum Gasteiger partial charge on any atom is 0.243 e. The molecule has 180 valence electrons. The number of hydrogen-bond acceptors (Lipinski definition) is 7. The van der Waals surface area contributed by atoms with Gasteiger partial charge in [0.05, 0.1) is 12.5 Å². The van der Waals surface area contributed by atoms with Crippen LogP contribution in [-0.2, 0) is 33.6 Å². The summed E-state index contributed by atoms with van der Waals surface area (Å²) in [5.41, 5.74) is 2.52. The fraction of sp³-hybridized carbons (Fsp3) is 0.250. The van der Waals surface area contributed by atoms with Gasteiger partial charge in [0.15, 0.2) is 11.6 Å². The molecular weight excluding hydrogens is 450 g/mol. The van der Waals surface area contributed by atoms with Crippen LogP contribution >= 0.6 is 0 Å². The van der Waals surface area contributed by atoms with Crippen LogP contribution in [0.2, 0.25) is 0 Å². The van der Waals surface area contributed by atoms with E-state index in [0.29, 0.717) is 0 Å². The van der Waals surface area contributed by atoms with Crippen molar-refractivity contribution in [3.63, 3.8) is 0 Å². The number of hydrogen-bond donors (Lipinski definition) is 5. The Hall–Kier alpha value is -4.54. The van der Waals surface area contributed by atoms with Crippen LogP contribution in [0.3, 0.4) is 0 Å². The minimum atomic E-state index is -0.916. The molecule has 11 heteroatoms. The Labute approximate surface area is 200 Å². The summed E-state index contributed by atoms with van der Waals surface area (Å²) in [6.45, 7) is 1.32. The molecule has 0 aliphatic heterocycles. The van der Waals surface area contributed by atoms with E-state index in [9.17, 15) is 19.5 Å². The van der Waals surface area contributed by atoms with Crippen molar-refractivity contribution < 1.29 is 19.5 Å². The van der Waals surface area contributed by atoms with Gasteiger partial charge in [0.1, 0.15) is 11.8 Å². The van der Waals surface area contributed by atoms with E-state index in [2.05, 4.69) is 36.2 Å². The lowest BCUT2D eigenvalue weighted by molar-refractivity contribution is -0.130. The second kappa shape index (κ2) is 10.6. The number of amides is 2. The summed E-state index contributed by atoms with van der Waals surface area (Å²) in [6, 6.07) is 12.2. The summed E-state index contributed by atoms with van der Waals surface area (Å²) < 4.78 is 0. The highest BCUT2D eigenvalue weighted by Crippen LogP contribution is 2.20. The highest BCUT2D eigenvalue weighted by Gasteiger charge is 2.28. The summed E-state index contributed by atoms with van der Waals surface area (Å²) >= 11 is 0. The molecule has 0 saturated carbocycles. The molecule has 4 aromatic rings. The van der Waals surface area contributed by atoms with Gasteiger partial charge < -0.3 is 20.7 Å². The van der Waals surface area contributed by atoms with Crippen molar-refractivity contribution in [3.8, 4) is 5.75 Å². The average Bonchev–Trinajstić information content (AvgIpc) is 3.49. The molecule has 2 aromatic heterocycles. The number of nitrogens with zero attached hydrogens (tertiary/aromatic N) is 3. The molecule has 0 fully saturated rings. The van der Waals surface area contributed by atoms with E-state index in [1.54, 1.807) is 12.1 Å². The number of rotatable bonds is 10. The molecule has 0 bridgehead atoms. The van der Waals surface area contributed by atoms with E-state index in [1.165, 1.54) is 19.1 Å². The molecule has 0 unspecified atom stereocenters. The zero-order valence-electron chi connectivity index (χ0n) is 19.0. The van der Waals surface area contributed by atoms with Crippen molar-refractivity contribution >= 4 is 28.5 Å². The second-order valence-electron chi connectivity index (χ2n) is 8.22. The van der Waals surface area contributed by atoms with Crippen LogP contribution in [-0.4, -0.2) is 60.4 Å². The van der Waals surface area contributed by atoms with Crippen LogP contribution in [0.4, 0.5) is 0 Å². The van der Waals surface area contributed by atoms with Gasteiger partial charge in [-0.3, -0.25) is 14.4 Å². The number of ketones is 1. The molecule has 0 spiro atoms. The molecule has 4 rings (SSSR count). The van der Waals surface area contributed by atoms with Gasteiger partial charge in [-0.2, -0.15) is 5.21 Å². The largest absolute Gasteiger partial charge is 0.508 e. The van der Waals surface area contributed by atoms with E-state index in [-0.39, 0.29) is 42.5 Å². The maximum atomic E-state index is 13.3. The Bertz CT molecular complexity index is 1320. The van der Waals surface area contributed by atoms with E-state index >= 15 is 0 Å². The molecule has 0 saturated heterocycles. The first-order valence-electron chi connectivity index (χ1n) is 11.0. The number of phenolic OH excluding ortho intramolecular Hbond substituents is 1. The average molecular weight is 476 g/mol. The van der Waals surface area contributed by atoms with Crippen molar-refractivity contribution in [2.24, 2.45) is 0 Å². The van der Waals surface area contributed by atoms with Crippen LogP contribution in [0.1, 0.15) is 23.9 Å². The smallest absolute Gasteiger partial charge is 0.243 e. The number of aromatic nitrogens is 5. The molecule has 5 N–H and O–H groups in total. The number of fused-ring (bicyclic) bond motifs is 1. The molecule has 2 amide bonds. The summed E-state index contributed by atoms with van der Waals surface area (Å²) in [5, 5.41) is 29.4. The third kappa shape index (κ3) is 6.08. The van der Waals surface area contributed by atoms with Gasteiger partial charge in [-0.05, 0) is 29.3 Å². The predicted octanol–water partition coefficient (Wildman–Crippen LogP) is 0.973. The number of nitrogens with one attached hydrogen (secondary N) is 4. The molecule has 2 atom stereocenters. The fourth-order valence-corrected chi connectivity index (χ4v) is 3.90. The molecule has 0 aliphatic carbocycles. The van der Waals surface area contributed by atoms with Crippen molar-refractivity contribution in [3.05, 3.63) is 71.7 Å². The number of aromatic amines is 2. The Morgan fingerprint density at radius 1 is 1.00 bits per heavy atom. The number of carbonyl (C=O) groups is 3. The predicted molar refractivity (Wildman–Crippen MR) is 126 cm³/mol. The lowest BCUT2D eigenvalue weighted by atomic mass is 9.98. The quantitative estimate of drug-likeness (QED) is 0.228. The van der Waals surface area contributed by atoms with Crippen molar-refractivity contribution in [1.29, 1.82) is 0 Å². The summed E-state index contributed by atoms with van der Waals surface area (Å²) in [6.07, 6.45) is 2.11. The van der Waals surface area contributed by atoms with E-state index in [4.69, 9.17) is 0 Å². The molecular formula is C24H25N7O4. The summed E-state index contributed by atoms with van der Waals surface area (Å²) in [4.78, 5) is 41.4. The Morgan fingerprint density at radius 3 is 2.49 bits per heavy atom. The van der Waals surface area contributed by atoms with Gasteiger partial charge in [0, 0.05) is 36.9 Å². The molecule has 2 aromatic carbocycles. The first kappa shape index (κ1) is 23.6. The maximum absolute atomic E-state index is 13.3. The number of aromatic hydroxyl groups is 1. The first-order chi connectivity index (χ1) is 16.9. The summed E-state index contributed by atoms with van der Waals surface area (Å²) in [5.74, 6) is -0.859. The van der Waals surface area contributed by atoms with Crippen LogP contribution < -0.4 is 10.6 Å². The highest BCUT2D eigenvalue weighted by molar-refractivity contribution is 5.94. The fourth-order valence-electron chi connectivity index (χ4n) is 3.90. The van der Waals surface area contributed by atoms with E-state index in [1.807, 2.05) is 30.5 Å². The number of carbonyl (C=O) groups excluding carboxylic acids is 3. The van der Waals surface area contributed by atoms with Gasteiger partial charge in [0.2, 0.25) is 11.8 Å². The number of benzene rings is 2.